The highest BCUT2D eigenvalue weighted by molar-refractivity contribution is 5.94. The Morgan fingerprint density at radius 1 is 1.14 bits per heavy atom. The van der Waals surface area contributed by atoms with Crippen LogP contribution in [-0.2, 0) is 11.3 Å². The van der Waals surface area contributed by atoms with Gasteiger partial charge in [-0.15, -0.1) is 0 Å². The Hall–Kier alpha value is -1.88. The van der Waals surface area contributed by atoms with Gasteiger partial charge in [-0.1, -0.05) is 32.4 Å². The van der Waals surface area contributed by atoms with Crippen LogP contribution in [0.5, 0.6) is 0 Å². The van der Waals surface area contributed by atoms with Gasteiger partial charge in [-0.05, 0) is 30.5 Å². The van der Waals surface area contributed by atoms with Crippen LogP contribution in [0.3, 0.4) is 0 Å². The van der Waals surface area contributed by atoms with Crippen LogP contribution in [0.25, 0.3) is 0 Å². The molecule has 0 heterocycles. The van der Waals surface area contributed by atoms with Crippen molar-refractivity contribution in [3.8, 4) is 0 Å². The van der Waals surface area contributed by atoms with Gasteiger partial charge in [-0.25, -0.2) is 0 Å². The first-order valence-electron chi connectivity index (χ1n) is 7.40. The van der Waals surface area contributed by atoms with Crippen LogP contribution in [0.15, 0.2) is 24.3 Å². The van der Waals surface area contributed by atoms with Crippen molar-refractivity contribution in [1.29, 1.82) is 0 Å². The fourth-order valence-corrected chi connectivity index (χ4v) is 1.86. The van der Waals surface area contributed by atoms with Gasteiger partial charge in [0.15, 0.2) is 0 Å². The van der Waals surface area contributed by atoms with Gasteiger partial charge in [0.1, 0.15) is 0 Å². The minimum Gasteiger partial charge on any atom is -0.352 e. The lowest BCUT2D eigenvalue weighted by Crippen LogP contribution is -2.44. The molecule has 0 saturated heterocycles. The van der Waals surface area contributed by atoms with Crippen molar-refractivity contribution in [3.63, 3.8) is 0 Å². The molecule has 0 aromatic heterocycles. The summed E-state index contributed by atoms with van der Waals surface area (Å²) < 4.78 is 0. The first-order valence-corrected chi connectivity index (χ1v) is 7.40. The molecule has 5 nitrogen and oxygen atoms in total. The van der Waals surface area contributed by atoms with Crippen LogP contribution in [0.2, 0.25) is 0 Å². The Morgan fingerprint density at radius 3 is 2.29 bits per heavy atom. The fraction of sp³-hybridized carbons (Fsp3) is 0.500. The molecule has 2 amide bonds. The first kappa shape index (κ1) is 17.2. The molecule has 5 heteroatoms. The summed E-state index contributed by atoms with van der Waals surface area (Å²) in [7, 11) is 0. The molecule has 116 valence electrons. The number of hydrogen-bond acceptors (Lipinski definition) is 3. The van der Waals surface area contributed by atoms with Crippen molar-refractivity contribution in [2.75, 3.05) is 6.54 Å². The lowest BCUT2D eigenvalue weighted by Gasteiger charge is -2.17. The average Bonchev–Trinajstić information content (AvgIpc) is 2.51. The van der Waals surface area contributed by atoms with Gasteiger partial charge in [0.25, 0.3) is 5.91 Å². The number of nitrogens with two attached hydrogens (primary N) is 1. The summed E-state index contributed by atoms with van der Waals surface area (Å²) in [5.74, 6) is -0.0749. The zero-order valence-electron chi connectivity index (χ0n) is 13.0. The molecule has 4 N–H and O–H groups in total. The minimum absolute atomic E-state index is 0.0909. The Labute approximate surface area is 126 Å². The number of nitrogens with one attached hydrogen (secondary N) is 2. The van der Waals surface area contributed by atoms with Crippen LogP contribution < -0.4 is 16.4 Å². The summed E-state index contributed by atoms with van der Waals surface area (Å²) in [6.45, 7) is 6.87. The van der Waals surface area contributed by atoms with Crippen molar-refractivity contribution >= 4 is 11.8 Å². The Morgan fingerprint density at radius 2 is 1.76 bits per heavy atom. The van der Waals surface area contributed by atoms with Gasteiger partial charge in [0.2, 0.25) is 5.91 Å². The zero-order chi connectivity index (χ0) is 15.8. The van der Waals surface area contributed by atoms with Crippen LogP contribution in [-0.4, -0.2) is 24.4 Å². The monoisotopic (exact) mass is 291 g/mol. The number of rotatable bonds is 7. The van der Waals surface area contributed by atoms with E-state index in [1.807, 2.05) is 32.9 Å². The van der Waals surface area contributed by atoms with Gasteiger partial charge < -0.3 is 16.4 Å². The molecule has 21 heavy (non-hydrogen) atoms. The van der Waals surface area contributed by atoms with E-state index in [9.17, 15) is 9.59 Å². The molecule has 0 aliphatic heterocycles. The second-order valence-corrected chi connectivity index (χ2v) is 5.19. The first-order chi connectivity index (χ1) is 9.99. The van der Waals surface area contributed by atoms with Crippen molar-refractivity contribution in [2.24, 2.45) is 11.7 Å². The molecule has 2 atom stereocenters. The molecule has 0 aliphatic rings. The van der Waals surface area contributed by atoms with Crippen molar-refractivity contribution < 1.29 is 9.59 Å². The van der Waals surface area contributed by atoms with E-state index in [2.05, 4.69) is 10.6 Å². The maximum Gasteiger partial charge on any atom is 0.251 e. The van der Waals surface area contributed by atoms with Gasteiger partial charge >= 0.3 is 0 Å². The molecule has 2 unspecified atom stereocenters. The maximum absolute atomic E-state index is 11.9. The van der Waals surface area contributed by atoms with Gasteiger partial charge in [-0.2, -0.15) is 0 Å². The molecular formula is C16H25N3O2. The third-order valence-electron chi connectivity index (χ3n) is 3.58. The van der Waals surface area contributed by atoms with E-state index in [-0.39, 0.29) is 17.7 Å². The van der Waals surface area contributed by atoms with E-state index in [1.54, 1.807) is 12.1 Å². The number of amides is 2. The van der Waals surface area contributed by atoms with E-state index in [0.717, 1.165) is 12.0 Å². The Balaban J connectivity index is 2.53. The van der Waals surface area contributed by atoms with Crippen molar-refractivity contribution in [3.05, 3.63) is 35.4 Å². The average molecular weight is 291 g/mol. The molecule has 1 rings (SSSR count). The standard InChI is InChI=1S/C16H25N3O2/c1-4-11(3)14(17)16(21)19-10-12-6-8-13(9-7-12)15(20)18-5-2/h6-9,11,14H,4-5,10,17H2,1-3H3,(H,18,20)(H,19,21). The molecule has 0 aliphatic carbocycles. The predicted octanol–water partition coefficient (Wildman–Crippen LogP) is 1.43. The van der Waals surface area contributed by atoms with Crippen LogP contribution >= 0.6 is 0 Å². The van der Waals surface area contributed by atoms with Crippen LogP contribution in [0, 0.1) is 5.92 Å². The smallest absolute Gasteiger partial charge is 0.251 e. The highest BCUT2D eigenvalue weighted by Crippen LogP contribution is 2.07. The largest absolute Gasteiger partial charge is 0.352 e. The van der Waals surface area contributed by atoms with E-state index in [0.29, 0.717) is 18.7 Å². The molecule has 1 aromatic carbocycles. The summed E-state index contributed by atoms with van der Waals surface area (Å²) >= 11 is 0. The van der Waals surface area contributed by atoms with E-state index in [4.69, 9.17) is 5.73 Å². The summed E-state index contributed by atoms with van der Waals surface area (Å²) in [5, 5.41) is 5.56. The molecule has 1 aromatic rings. The highest BCUT2D eigenvalue weighted by atomic mass is 16.2. The van der Waals surface area contributed by atoms with Gasteiger partial charge in [-0.3, -0.25) is 9.59 Å². The summed E-state index contributed by atoms with van der Waals surface area (Å²) in [4.78, 5) is 23.5. The minimum atomic E-state index is -0.482. The SMILES string of the molecule is CCNC(=O)c1ccc(CNC(=O)C(N)C(C)CC)cc1. The Kier molecular flexibility index (Phi) is 6.88. The van der Waals surface area contributed by atoms with Crippen molar-refractivity contribution in [2.45, 2.75) is 39.8 Å². The second kappa shape index (κ2) is 8.42. The summed E-state index contributed by atoms with van der Waals surface area (Å²) in [6.07, 6.45) is 0.871. The molecule has 0 fully saturated rings. The molecule has 0 radical (unpaired) electrons. The van der Waals surface area contributed by atoms with Gasteiger partial charge in [0, 0.05) is 18.7 Å². The second-order valence-electron chi connectivity index (χ2n) is 5.19. The van der Waals surface area contributed by atoms with E-state index in [1.165, 1.54) is 0 Å². The zero-order valence-corrected chi connectivity index (χ0v) is 13.0. The molecule has 0 spiro atoms. The highest BCUT2D eigenvalue weighted by Gasteiger charge is 2.18. The van der Waals surface area contributed by atoms with E-state index < -0.39 is 6.04 Å². The van der Waals surface area contributed by atoms with E-state index >= 15 is 0 Å². The normalized spacial score (nSPS) is 13.3. The summed E-state index contributed by atoms with van der Waals surface area (Å²) in [5.41, 5.74) is 7.42. The Bertz CT molecular complexity index is 471. The molecule has 0 saturated carbocycles. The molecular weight excluding hydrogens is 266 g/mol. The quantitative estimate of drug-likeness (QED) is 0.710. The fourth-order valence-electron chi connectivity index (χ4n) is 1.86. The lowest BCUT2D eigenvalue weighted by atomic mass is 9.99. The number of hydrogen-bond donors (Lipinski definition) is 3. The van der Waals surface area contributed by atoms with Crippen LogP contribution in [0.1, 0.15) is 43.1 Å². The summed E-state index contributed by atoms with van der Waals surface area (Å²) in [6, 6.07) is 6.69. The van der Waals surface area contributed by atoms with Crippen molar-refractivity contribution in [1.82, 2.24) is 10.6 Å². The number of carbonyl (C=O) groups is 2. The lowest BCUT2D eigenvalue weighted by molar-refractivity contribution is -0.123. The van der Waals surface area contributed by atoms with Crippen LogP contribution in [0.4, 0.5) is 0 Å². The third-order valence-corrected chi connectivity index (χ3v) is 3.58. The number of carbonyl (C=O) groups excluding carboxylic acids is 2. The topological polar surface area (TPSA) is 84.2 Å². The third kappa shape index (κ3) is 5.19. The number of benzene rings is 1. The maximum atomic E-state index is 11.9. The predicted molar refractivity (Wildman–Crippen MR) is 83.7 cm³/mol. The molecule has 0 bridgehead atoms. The van der Waals surface area contributed by atoms with Gasteiger partial charge in [0.05, 0.1) is 6.04 Å².